The Balaban J connectivity index is 1.49. The van der Waals surface area contributed by atoms with Crippen LogP contribution >= 0.6 is 0 Å². The molecule has 1 aromatic carbocycles. The van der Waals surface area contributed by atoms with Crippen LogP contribution in [0.4, 0.5) is 0 Å². The summed E-state index contributed by atoms with van der Waals surface area (Å²) in [6, 6.07) is 10.2. The van der Waals surface area contributed by atoms with E-state index < -0.39 is 0 Å². The van der Waals surface area contributed by atoms with Crippen molar-refractivity contribution in [3.05, 3.63) is 35.9 Å². The van der Waals surface area contributed by atoms with E-state index in [4.69, 9.17) is 9.47 Å². The summed E-state index contributed by atoms with van der Waals surface area (Å²) in [6.45, 7) is 3.51. The van der Waals surface area contributed by atoms with Crippen molar-refractivity contribution in [1.82, 2.24) is 5.32 Å². The first kappa shape index (κ1) is 18.0. The fourth-order valence-electron chi connectivity index (χ4n) is 2.86. The minimum absolute atomic E-state index is 0.0216. The van der Waals surface area contributed by atoms with Crippen LogP contribution in [0.3, 0.4) is 0 Å². The number of nitrogens with one attached hydrogen (secondary N) is 1. The molecular weight excluding hydrogens is 290 g/mol. The van der Waals surface area contributed by atoms with E-state index in [9.17, 15) is 4.79 Å². The summed E-state index contributed by atoms with van der Waals surface area (Å²) in [4.78, 5) is 11.7. The lowest BCUT2D eigenvalue weighted by Crippen LogP contribution is -2.31. The number of rotatable bonds is 9. The Kier molecular flexibility index (Phi) is 8.12. The normalized spacial score (nSPS) is 16.9. The number of ether oxygens (including phenoxy) is 2. The molecule has 0 heterocycles. The van der Waals surface area contributed by atoms with Gasteiger partial charge in [0.2, 0.25) is 5.91 Å². The topological polar surface area (TPSA) is 47.6 Å². The molecule has 4 nitrogen and oxygen atoms in total. The van der Waals surface area contributed by atoms with Gasteiger partial charge in [-0.3, -0.25) is 4.79 Å². The molecule has 1 aliphatic carbocycles. The predicted octanol–water partition coefficient (Wildman–Crippen LogP) is 3.62. The highest BCUT2D eigenvalue weighted by Gasteiger charge is 2.14. The molecule has 0 saturated heterocycles. The van der Waals surface area contributed by atoms with Gasteiger partial charge in [0.15, 0.2) is 0 Å². The van der Waals surface area contributed by atoms with Crippen LogP contribution in [0.5, 0.6) is 0 Å². The first-order valence-corrected chi connectivity index (χ1v) is 8.80. The third kappa shape index (κ3) is 7.14. The molecule has 0 radical (unpaired) electrons. The molecule has 1 aliphatic rings. The lowest BCUT2D eigenvalue weighted by molar-refractivity contribution is -0.128. The Bertz CT molecular complexity index is 443. The summed E-state index contributed by atoms with van der Waals surface area (Å²) in [6.07, 6.45) is 7.12. The molecule has 23 heavy (non-hydrogen) atoms. The van der Waals surface area contributed by atoms with Crippen molar-refractivity contribution >= 4 is 5.91 Å². The van der Waals surface area contributed by atoms with Crippen molar-refractivity contribution in [2.24, 2.45) is 0 Å². The second-order valence-electron chi connectivity index (χ2n) is 6.20. The van der Waals surface area contributed by atoms with Gasteiger partial charge in [0.25, 0.3) is 0 Å². The van der Waals surface area contributed by atoms with E-state index in [0.29, 0.717) is 13.2 Å². The van der Waals surface area contributed by atoms with Crippen molar-refractivity contribution in [2.45, 2.75) is 57.7 Å². The average Bonchev–Trinajstić information content (AvgIpc) is 2.61. The van der Waals surface area contributed by atoms with Crippen LogP contribution in [0.15, 0.2) is 30.3 Å². The van der Waals surface area contributed by atoms with Crippen LogP contribution in [0.1, 0.15) is 57.1 Å². The smallest absolute Gasteiger partial charge is 0.246 e. The van der Waals surface area contributed by atoms with E-state index in [1.807, 2.05) is 25.1 Å². The van der Waals surface area contributed by atoms with Crippen molar-refractivity contribution < 1.29 is 14.3 Å². The van der Waals surface area contributed by atoms with Crippen LogP contribution in [0.25, 0.3) is 0 Å². The van der Waals surface area contributed by atoms with Gasteiger partial charge in [-0.2, -0.15) is 0 Å². The number of benzene rings is 1. The summed E-state index contributed by atoms with van der Waals surface area (Å²) in [5.41, 5.74) is 1.18. The molecule has 1 saturated carbocycles. The van der Waals surface area contributed by atoms with Crippen LogP contribution in [0.2, 0.25) is 0 Å². The van der Waals surface area contributed by atoms with Crippen molar-refractivity contribution in [3.63, 3.8) is 0 Å². The molecule has 1 fully saturated rings. The van der Waals surface area contributed by atoms with Crippen LogP contribution < -0.4 is 5.32 Å². The van der Waals surface area contributed by atoms with Crippen molar-refractivity contribution in [2.75, 3.05) is 19.8 Å². The largest absolute Gasteiger partial charge is 0.374 e. The number of carbonyl (C=O) groups excluding carboxylic acids is 1. The zero-order valence-corrected chi connectivity index (χ0v) is 14.1. The van der Waals surface area contributed by atoms with E-state index in [1.54, 1.807) is 0 Å². The minimum atomic E-state index is -0.0216. The molecule has 1 aromatic rings. The first-order valence-electron chi connectivity index (χ1n) is 8.80. The van der Waals surface area contributed by atoms with Gasteiger partial charge in [0.05, 0.1) is 12.2 Å². The van der Waals surface area contributed by atoms with Gasteiger partial charge in [-0.25, -0.2) is 0 Å². The summed E-state index contributed by atoms with van der Waals surface area (Å²) < 4.78 is 11.4. The van der Waals surface area contributed by atoms with Crippen molar-refractivity contribution in [1.29, 1.82) is 0 Å². The van der Waals surface area contributed by atoms with Gasteiger partial charge in [0.1, 0.15) is 6.61 Å². The second-order valence-corrected chi connectivity index (χ2v) is 6.20. The minimum Gasteiger partial charge on any atom is -0.374 e. The summed E-state index contributed by atoms with van der Waals surface area (Å²) >= 11 is 0. The fourth-order valence-corrected chi connectivity index (χ4v) is 2.86. The molecule has 1 amide bonds. The zero-order valence-electron chi connectivity index (χ0n) is 14.1. The average molecular weight is 319 g/mol. The summed E-state index contributed by atoms with van der Waals surface area (Å²) in [5, 5.41) is 2.89. The second kappa shape index (κ2) is 10.4. The molecule has 1 unspecified atom stereocenters. The van der Waals surface area contributed by atoms with Crippen LogP contribution in [0, 0.1) is 0 Å². The highest BCUT2D eigenvalue weighted by atomic mass is 16.5. The van der Waals surface area contributed by atoms with E-state index in [2.05, 4.69) is 17.4 Å². The Labute approximate surface area is 139 Å². The van der Waals surface area contributed by atoms with E-state index in [0.717, 1.165) is 19.3 Å². The third-order valence-electron chi connectivity index (χ3n) is 4.28. The van der Waals surface area contributed by atoms with Crippen molar-refractivity contribution in [3.8, 4) is 0 Å². The Morgan fingerprint density at radius 1 is 1.22 bits per heavy atom. The maximum atomic E-state index is 11.7. The molecule has 4 heteroatoms. The number of hydrogen-bond donors (Lipinski definition) is 1. The monoisotopic (exact) mass is 319 g/mol. The molecule has 0 aromatic heterocycles. The lowest BCUT2D eigenvalue weighted by Gasteiger charge is -2.21. The number of hydrogen-bond acceptors (Lipinski definition) is 3. The highest BCUT2D eigenvalue weighted by Crippen LogP contribution is 2.20. The standard InChI is InChI=1S/C19H29NO3/c1-16(17-9-4-2-5-10-17)22-14-8-13-20-19(21)15-23-18-11-6-3-7-12-18/h2,4-5,9-10,16,18H,3,6-8,11-15H2,1H3,(H,20,21). The predicted molar refractivity (Wildman–Crippen MR) is 91.3 cm³/mol. The lowest BCUT2D eigenvalue weighted by atomic mass is 9.98. The molecule has 0 bridgehead atoms. The fraction of sp³-hybridized carbons (Fsp3) is 0.632. The van der Waals surface area contributed by atoms with E-state index >= 15 is 0 Å². The summed E-state index contributed by atoms with van der Waals surface area (Å²) in [5.74, 6) is -0.0216. The molecular formula is C19H29NO3. The maximum Gasteiger partial charge on any atom is 0.246 e. The van der Waals surface area contributed by atoms with Gasteiger partial charge in [-0.1, -0.05) is 49.6 Å². The third-order valence-corrected chi connectivity index (χ3v) is 4.28. The Morgan fingerprint density at radius 3 is 2.70 bits per heavy atom. The molecule has 0 spiro atoms. The molecule has 0 aliphatic heterocycles. The Morgan fingerprint density at radius 2 is 1.96 bits per heavy atom. The molecule has 128 valence electrons. The summed E-state index contributed by atoms with van der Waals surface area (Å²) in [7, 11) is 0. The van der Waals surface area contributed by atoms with Gasteiger partial charge in [0, 0.05) is 13.2 Å². The SMILES string of the molecule is CC(OCCCNC(=O)COC1CCCCC1)c1ccccc1. The quantitative estimate of drug-likeness (QED) is 0.707. The first-order chi connectivity index (χ1) is 11.3. The van der Waals surface area contributed by atoms with E-state index in [-0.39, 0.29) is 24.7 Å². The van der Waals surface area contributed by atoms with Crippen LogP contribution in [-0.2, 0) is 14.3 Å². The Hall–Kier alpha value is -1.39. The number of carbonyl (C=O) groups is 1. The van der Waals surface area contributed by atoms with Gasteiger partial charge in [-0.05, 0) is 31.7 Å². The van der Waals surface area contributed by atoms with E-state index in [1.165, 1.54) is 24.8 Å². The van der Waals surface area contributed by atoms with Gasteiger partial charge in [-0.15, -0.1) is 0 Å². The number of amides is 1. The maximum absolute atomic E-state index is 11.7. The molecule has 2 rings (SSSR count). The van der Waals surface area contributed by atoms with Gasteiger partial charge < -0.3 is 14.8 Å². The molecule has 1 N–H and O–H groups in total. The molecule has 1 atom stereocenters. The van der Waals surface area contributed by atoms with Gasteiger partial charge >= 0.3 is 0 Å². The van der Waals surface area contributed by atoms with Crippen LogP contribution in [-0.4, -0.2) is 31.8 Å². The zero-order chi connectivity index (χ0) is 16.3. The highest BCUT2D eigenvalue weighted by molar-refractivity contribution is 5.77.